The lowest BCUT2D eigenvalue weighted by molar-refractivity contribution is -0.137. The van der Waals surface area contributed by atoms with Crippen LogP contribution in [0.1, 0.15) is 29.3 Å². The van der Waals surface area contributed by atoms with E-state index in [2.05, 4.69) is 10.3 Å². The third-order valence-electron chi connectivity index (χ3n) is 5.20. The maximum absolute atomic E-state index is 12.9. The summed E-state index contributed by atoms with van der Waals surface area (Å²) in [7, 11) is -3.93. The second kappa shape index (κ2) is 9.78. The molecule has 3 rings (SSSR count). The van der Waals surface area contributed by atoms with Crippen molar-refractivity contribution in [2.45, 2.75) is 37.4 Å². The Kier molecular flexibility index (Phi) is 7.26. The van der Waals surface area contributed by atoms with Crippen molar-refractivity contribution in [3.8, 4) is 11.5 Å². The first kappa shape index (κ1) is 24.5. The molecule has 1 atom stereocenters. The van der Waals surface area contributed by atoms with Crippen LogP contribution in [-0.2, 0) is 33.0 Å². The summed E-state index contributed by atoms with van der Waals surface area (Å²) < 4.78 is 69.3. The van der Waals surface area contributed by atoms with E-state index in [1.165, 1.54) is 19.1 Å². The summed E-state index contributed by atoms with van der Waals surface area (Å²) >= 11 is 0. The van der Waals surface area contributed by atoms with Crippen molar-refractivity contribution in [3.05, 3.63) is 77.2 Å². The highest BCUT2D eigenvalue weighted by Gasteiger charge is 2.31. The first-order chi connectivity index (χ1) is 15.5. The average molecular weight is 481 g/mol. The summed E-state index contributed by atoms with van der Waals surface area (Å²) in [6, 6.07) is 12.1. The van der Waals surface area contributed by atoms with Gasteiger partial charge in [-0.3, -0.25) is 4.79 Å². The van der Waals surface area contributed by atoms with Gasteiger partial charge in [0.15, 0.2) is 9.84 Å². The quantitative estimate of drug-likeness (QED) is 0.518. The number of nitrogens with one attached hydrogen (secondary N) is 1. The van der Waals surface area contributed by atoms with Crippen LogP contribution in [0.4, 0.5) is 13.2 Å². The van der Waals surface area contributed by atoms with Gasteiger partial charge in [0.05, 0.1) is 17.0 Å². The summed E-state index contributed by atoms with van der Waals surface area (Å²) in [5.41, 5.74) is 1.33. The number of hydrogen-bond acceptors (Lipinski definition) is 5. The molecule has 1 N–H and O–H groups in total. The molecule has 1 unspecified atom stereocenters. The molecule has 0 fully saturated rings. The Balaban J connectivity index is 1.63. The van der Waals surface area contributed by atoms with E-state index in [4.69, 9.17) is 4.42 Å². The second-order valence-electron chi connectivity index (χ2n) is 7.64. The first-order valence-electron chi connectivity index (χ1n) is 10.1. The molecule has 176 valence electrons. The number of carbonyl (C=O) groups is 1. The van der Waals surface area contributed by atoms with Gasteiger partial charge >= 0.3 is 6.18 Å². The Labute approximate surface area is 189 Å². The molecule has 0 bridgehead atoms. The summed E-state index contributed by atoms with van der Waals surface area (Å²) in [6.45, 7) is 3.52. The van der Waals surface area contributed by atoms with Crippen LogP contribution in [0.15, 0.2) is 59.2 Å². The number of nitrogens with zero attached hydrogens (tertiary/aromatic N) is 1. The highest BCUT2D eigenvalue weighted by molar-refractivity contribution is 7.92. The monoisotopic (exact) mass is 480 g/mol. The van der Waals surface area contributed by atoms with Crippen LogP contribution in [0.3, 0.4) is 0 Å². The molecule has 0 saturated carbocycles. The van der Waals surface area contributed by atoms with Crippen LogP contribution in [0.25, 0.3) is 11.5 Å². The van der Waals surface area contributed by atoms with E-state index in [-0.39, 0.29) is 23.7 Å². The predicted molar refractivity (Wildman–Crippen MR) is 117 cm³/mol. The van der Waals surface area contributed by atoms with Gasteiger partial charge in [0.25, 0.3) is 0 Å². The molecule has 0 saturated heterocycles. The number of aryl methyl sites for hydroxylation is 1. The molecule has 33 heavy (non-hydrogen) atoms. The molecule has 0 aliphatic heterocycles. The molecule has 0 spiro atoms. The zero-order valence-electron chi connectivity index (χ0n) is 18.0. The topological polar surface area (TPSA) is 89.3 Å². The normalized spacial score (nSPS) is 13.0. The van der Waals surface area contributed by atoms with Crippen molar-refractivity contribution in [1.82, 2.24) is 10.3 Å². The van der Waals surface area contributed by atoms with E-state index in [0.717, 1.165) is 29.5 Å². The molecule has 1 amide bonds. The summed E-state index contributed by atoms with van der Waals surface area (Å²) in [5.74, 6) is -1.35. The van der Waals surface area contributed by atoms with Gasteiger partial charge in [0, 0.05) is 12.1 Å². The van der Waals surface area contributed by atoms with Crippen LogP contribution in [-0.4, -0.2) is 31.1 Å². The van der Waals surface area contributed by atoms with Gasteiger partial charge in [0.1, 0.15) is 11.5 Å². The van der Waals surface area contributed by atoms with E-state index < -0.39 is 38.5 Å². The standard InChI is InChI=1S/C23H23F3N2O4S/c1-15-6-3-4-7-17(15)10-11-27-21(29)16(2)33(30,31)14-20-13-32-22(28-20)18-8-5-9-19(12-18)23(24,25)26/h3-9,12-13,16H,10-11,14H2,1-2H3,(H,27,29). The SMILES string of the molecule is Cc1ccccc1CCNC(=O)C(C)S(=O)(=O)Cc1coc(-c2cccc(C(F)(F)F)c2)n1. The van der Waals surface area contributed by atoms with Crippen molar-refractivity contribution in [3.63, 3.8) is 0 Å². The van der Waals surface area contributed by atoms with Crippen LogP contribution in [0, 0.1) is 6.92 Å². The van der Waals surface area contributed by atoms with Crippen molar-refractivity contribution in [1.29, 1.82) is 0 Å². The van der Waals surface area contributed by atoms with E-state index in [9.17, 15) is 26.4 Å². The zero-order chi connectivity index (χ0) is 24.2. The van der Waals surface area contributed by atoms with Crippen LogP contribution in [0.5, 0.6) is 0 Å². The van der Waals surface area contributed by atoms with Crippen molar-refractivity contribution >= 4 is 15.7 Å². The number of amides is 1. The van der Waals surface area contributed by atoms with Crippen LogP contribution in [0.2, 0.25) is 0 Å². The molecule has 1 heterocycles. The van der Waals surface area contributed by atoms with Crippen molar-refractivity contribution < 1.29 is 30.8 Å². The maximum atomic E-state index is 12.9. The van der Waals surface area contributed by atoms with Gasteiger partial charge in [-0.2, -0.15) is 13.2 Å². The second-order valence-corrected chi connectivity index (χ2v) is 9.96. The largest absolute Gasteiger partial charge is 0.444 e. The minimum absolute atomic E-state index is 0.00183. The van der Waals surface area contributed by atoms with Crippen LogP contribution >= 0.6 is 0 Å². The molecule has 10 heteroatoms. The first-order valence-corrected chi connectivity index (χ1v) is 11.8. The molecule has 0 aliphatic carbocycles. The van der Waals surface area contributed by atoms with Gasteiger partial charge in [-0.1, -0.05) is 30.3 Å². The average Bonchev–Trinajstić information content (AvgIpc) is 3.21. The zero-order valence-corrected chi connectivity index (χ0v) is 18.8. The highest BCUT2D eigenvalue weighted by Crippen LogP contribution is 2.32. The number of carbonyl (C=O) groups excluding carboxylic acids is 1. The van der Waals surface area contributed by atoms with E-state index >= 15 is 0 Å². The predicted octanol–water partition coefficient (Wildman–Crippen LogP) is 4.33. The fourth-order valence-corrected chi connectivity index (χ4v) is 4.39. The molecule has 0 aliphatic rings. The smallest absolute Gasteiger partial charge is 0.416 e. The molecule has 2 aromatic carbocycles. The third-order valence-corrected chi connectivity index (χ3v) is 7.19. The lowest BCUT2D eigenvalue weighted by atomic mass is 10.1. The van der Waals surface area contributed by atoms with Crippen LogP contribution < -0.4 is 5.32 Å². The van der Waals surface area contributed by atoms with E-state index in [1.54, 1.807) is 0 Å². The fraction of sp³-hybridized carbons (Fsp3) is 0.304. The van der Waals surface area contributed by atoms with Gasteiger partial charge in [0.2, 0.25) is 11.8 Å². The molecular weight excluding hydrogens is 457 g/mol. The fourth-order valence-electron chi connectivity index (χ4n) is 3.18. The minimum Gasteiger partial charge on any atom is -0.444 e. The Bertz CT molecular complexity index is 1240. The van der Waals surface area contributed by atoms with E-state index in [1.807, 2.05) is 31.2 Å². The number of alkyl halides is 3. The third kappa shape index (κ3) is 6.22. The number of aromatic nitrogens is 1. The van der Waals surface area contributed by atoms with Gasteiger partial charge in [-0.25, -0.2) is 13.4 Å². The number of rotatable bonds is 8. The molecule has 1 aromatic heterocycles. The van der Waals surface area contributed by atoms with Crippen molar-refractivity contribution in [2.24, 2.45) is 0 Å². The number of halogens is 3. The lowest BCUT2D eigenvalue weighted by Crippen LogP contribution is -2.39. The van der Waals surface area contributed by atoms with Gasteiger partial charge in [-0.15, -0.1) is 0 Å². The summed E-state index contributed by atoms with van der Waals surface area (Å²) in [4.78, 5) is 16.4. The summed E-state index contributed by atoms with van der Waals surface area (Å²) in [6.07, 6.45) is -2.90. The van der Waals surface area contributed by atoms with Crippen molar-refractivity contribution in [2.75, 3.05) is 6.54 Å². The Morgan fingerprint density at radius 2 is 1.88 bits per heavy atom. The van der Waals surface area contributed by atoms with Gasteiger partial charge < -0.3 is 9.73 Å². The number of sulfone groups is 1. The minimum atomic E-state index is -4.53. The maximum Gasteiger partial charge on any atom is 0.416 e. The van der Waals surface area contributed by atoms with E-state index in [0.29, 0.717) is 6.42 Å². The summed E-state index contributed by atoms with van der Waals surface area (Å²) in [5, 5.41) is 1.30. The molecule has 0 radical (unpaired) electrons. The number of oxazole rings is 1. The Hall–Kier alpha value is -3.14. The lowest BCUT2D eigenvalue weighted by Gasteiger charge is -2.13. The Morgan fingerprint density at radius 1 is 1.15 bits per heavy atom. The molecule has 6 nitrogen and oxygen atoms in total. The highest BCUT2D eigenvalue weighted by atomic mass is 32.2. The van der Waals surface area contributed by atoms with Gasteiger partial charge in [-0.05, 0) is 49.6 Å². The molecule has 3 aromatic rings. The Morgan fingerprint density at radius 3 is 2.58 bits per heavy atom. The molecular formula is C23H23F3N2O4S. The number of hydrogen-bond donors (Lipinski definition) is 1. The number of benzene rings is 2.